The smallest absolute Gasteiger partial charge is 0.282 e. The van der Waals surface area contributed by atoms with Gasteiger partial charge in [0.2, 0.25) is 0 Å². The van der Waals surface area contributed by atoms with Crippen molar-refractivity contribution in [3.63, 3.8) is 0 Å². The molecule has 3 aliphatic rings. The monoisotopic (exact) mass is 291 g/mol. The Balaban J connectivity index is 1.56. The van der Waals surface area contributed by atoms with Crippen LogP contribution < -0.4 is 4.90 Å². The highest BCUT2D eigenvalue weighted by Gasteiger charge is 2.31. The van der Waals surface area contributed by atoms with Crippen molar-refractivity contribution in [1.82, 2.24) is 9.88 Å². The van der Waals surface area contributed by atoms with Crippen LogP contribution in [0.2, 0.25) is 0 Å². The lowest BCUT2D eigenvalue weighted by Crippen LogP contribution is -2.31. The molecule has 1 aliphatic carbocycles. The molecule has 0 bridgehead atoms. The number of hydrogen-bond acceptors (Lipinski definition) is 4. The van der Waals surface area contributed by atoms with Gasteiger partial charge in [0.1, 0.15) is 5.82 Å². The maximum absolute atomic E-state index is 12.5. The summed E-state index contributed by atoms with van der Waals surface area (Å²) in [5.74, 6) is 2.16. The van der Waals surface area contributed by atoms with Gasteiger partial charge in [-0.2, -0.15) is 0 Å². The number of aryl methyl sites for hydroxylation is 1. The molecule has 0 aromatic carbocycles. The third-order valence-corrected chi connectivity index (χ3v) is 5.65. The Bertz CT molecular complexity index is 517. The minimum atomic E-state index is 0.160. The summed E-state index contributed by atoms with van der Waals surface area (Å²) in [4.78, 5) is 22.9. The molecule has 1 saturated heterocycles. The van der Waals surface area contributed by atoms with E-state index in [1.165, 1.54) is 24.1 Å². The number of amides is 1. The van der Waals surface area contributed by atoms with Gasteiger partial charge in [-0.3, -0.25) is 4.79 Å². The van der Waals surface area contributed by atoms with Crippen LogP contribution in [0.4, 0.5) is 5.82 Å². The summed E-state index contributed by atoms with van der Waals surface area (Å²) in [7, 11) is 0. The SMILES string of the molecule is O=C(c1nc2c(s1)CCCN2CC1CC1)N1CCCC1. The minimum Gasteiger partial charge on any atom is -0.355 e. The zero-order valence-corrected chi connectivity index (χ0v) is 12.6. The van der Waals surface area contributed by atoms with Crippen molar-refractivity contribution in [1.29, 1.82) is 0 Å². The first-order valence-electron chi connectivity index (χ1n) is 7.85. The fraction of sp³-hybridized carbons (Fsp3) is 0.733. The second kappa shape index (κ2) is 5.02. The predicted molar refractivity (Wildman–Crippen MR) is 80.5 cm³/mol. The molecule has 1 saturated carbocycles. The van der Waals surface area contributed by atoms with E-state index < -0.39 is 0 Å². The van der Waals surface area contributed by atoms with E-state index >= 15 is 0 Å². The molecule has 2 fully saturated rings. The third-order valence-electron chi connectivity index (χ3n) is 4.56. The number of carbonyl (C=O) groups is 1. The molecular formula is C15H21N3OS. The molecule has 0 N–H and O–H groups in total. The van der Waals surface area contributed by atoms with E-state index in [9.17, 15) is 4.79 Å². The van der Waals surface area contributed by atoms with Crippen molar-refractivity contribution in [3.05, 3.63) is 9.88 Å². The van der Waals surface area contributed by atoms with Crippen LogP contribution in [0.15, 0.2) is 0 Å². The molecule has 3 heterocycles. The summed E-state index contributed by atoms with van der Waals surface area (Å²) in [5, 5.41) is 0.722. The summed E-state index contributed by atoms with van der Waals surface area (Å²) in [6, 6.07) is 0. The lowest BCUT2D eigenvalue weighted by molar-refractivity contribution is 0.0792. The molecule has 2 aliphatic heterocycles. The number of fused-ring (bicyclic) bond motifs is 1. The van der Waals surface area contributed by atoms with Crippen LogP contribution in [-0.2, 0) is 6.42 Å². The highest BCUT2D eigenvalue weighted by molar-refractivity contribution is 7.14. The lowest BCUT2D eigenvalue weighted by atomic mass is 10.1. The van der Waals surface area contributed by atoms with Crippen molar-refractivity contribution >= 4 is 23.1 Å². The van der Waals surface area contributed by atoms with Gasteiger partial charge in [0.25, 0.3) is 5.91 Å². The lowest BCUT2D eigenvalue weighted by Gasteiger charge is -2.27. The number of thiazole rings is 1. The zero-order chi connectivity index (χ0) is 13.5. The van der Waals surface area contributed by atoms with Gasteiger partial charge in [-0.25, -0.2) is 4.98 Å². The highest BCUT2D eigenvalue weighted by Crippen LogP contribution is 2.36. The molecule has 4 rings (SSSR count). The molecule has 20 heavy (non-hydrogen) atoms. The van der Waals surface area contributed by atoms with Gasteiger partial charge in [-0.15, -0.1) is 11.3 Å². The number of anilines is 1. The van der Waals surface area contributed by atoms with Gasteiger partial charge >= 0.3 is 0 Å². The topological polar surface area (TPSA) is 36.4 Å². The van der Waals surface area contributed by atoms with Crippen molar-refractivity contribution in [3.8, 4) is 0 Å². The maximum Gasteiger partial charge on any atom is 0.282 e. The molecule has 108 valence electrons. The molecule has 0 spiro atoms. The fourth-order valence-corrected chi connectivity index (χ4v) is 4.32. The molecule has 0 atom stereocenters. The van der Waals surface area contributed by atoms with Crippen LogP contribution in [0.25, 0.3) is 0 Å². The van der Waals surface area contributed by atoms with Gasteiger partial charge in [0.05, 0.1) is 0 Å². The Morgan fingerprint density at radius 3 is 2.75 bits per heavy atom. The first-order valence-corrected chi connectivity index (χ1v) is 8.67. The van der Waals surface area contributed by atoms with E-state index in [1.54, 1.807) is 11.3 Å². The average Bonchev–Trinajstić information content (AvgIpc) is 2.97. The van der Waals surface area contributed by atoms with Crippen molar-refractivity contribution < 1.29 is 4.79 Å². The van der Waals surface area contributed by atoms with Crippen LogP contribution in [0.1, 0.15) is 46.8 Å². The summed E-state index contributed by atoms with van der Waals surface area (Å²) in [5.41, 5.74) is 0. The molecule has 1 aromatic heterocycles. The molecule has 0 unspecified atom stereocenters. The van der Waals surface area contributed by atoms with Crippen LogP contribution >= 0.6 is 11.3 Å². The van der Waals surface area contributed by atoms with Crippen LogP contribution in [-0.4, -0.2) is 42.0 Å². The molecule has 1 amide bonds. The zero-order valence-electron chi connectivity index (χ0n) is 11.8. The summed E-state index contributed by atoms with van der Waals surface area (Å²) >= 11 is 1.64. The second-order valence-corrected chi connectivity index (χ2v) is 7.34. The number of rotatable bonds is 3. The van der Waals surface area contributed by atoms with Gasteiger partial charge in [-0.1, -0.05) is 0 Å². The molecular weight excluding hydrogens is 270 g/mol. The Hall–Kier alpha value is -1.10. The first-order chi connectivity index (χ1) is 9.81. The molecule has 0 radical (unpaired) electrons. The number of likely N-dealkylation sites (tertiary alicyclic amines) is 1. The first kappa shape index (κ1) is 12.6. The van der Waals surface area contributed by atoms with E-state index in [0.29, 0.717) is 0 Å². The van der Waals surface area contributed by atoms with Crippen LogP contribution in [0.5, 0.6) is 0 Å². The van der Waals surface area contributed by atoms with Gasteiger partial charge in [0, 0.05) is 31.1 Å². The van der Waals surface area contributed by atoms with E-state index in [1.807, 2.05) is 4.90 Å². The van der Waals surface area contributed by atoms with E-state index in [-0.39, 0.29) is 5.91 Å². The normalized spacial score (nSPS) is 22.2. The standard InChI is InChI=1S/C15H21N3OS/c19-15(17-7-1-2-8-17)14-16-13-12(20-14)4-3-9-18(13)10-11-5-6-11/h11H,1-10H2. The number of aromatic nitrogens is 1. The molecule has 1 aromatic rings. The number of hydrogen-bond donors (Lipinski definition) is 0. The Morgan fingerprint density at radius 1 is 1.20 bits per heavy atom. The van der Waals surface area contributed by atoms with Crippen LogP contribution in [0.3, 0.4) is 0 Å². The summed E-state index contributed by atoms with van der Waals surface area (Å²) < 4.78 is 0. The minimum absolute atomic E-state index is 0.160. The summed E-state index contributed by atoms with van der Waals surface area (Å²) in [6.07, 6.45) is 7.33. The van der Waals surface area contributed by atoms with Crippen LogP contribution in [0, 0.1) is 5.92 Å². The summed E-state index contributed by atoms with van der Waals surface area (Å²) in [6.45, 7) is 4.09. The Labute approximate surface area is 123 Å². The van der Waals surface area contributed by atoms with Gasteiger partial charge < -0.3 is 9.80 Å². The van der Waals surface area contributed by atoms with Gasteiger partial charge in [0.15, 0.2) is 5.01 Å². The van der Waals surface area contributed by atoms with E-state index in [2.05, 4.69) is 4.90 Å². The van der Waals surface area contributed by atoms with Gasteiger partial charge in [-0.05, 0) is 44.4 Å². The second-order valence-electron chi connectivity index (χ2n) is 6.26. The fourth-order valence-electron chi connectivity index (χ4n) is 3.23. The largest absolute Gasteiger partial charge is 0.355 e. The average molecular weight is 291 g/mol. The number of carbonyl (C=O) groups excluding carboxylic acids is 1. The maximum atomic E-state index is 12.5. The third kappa shape index (κ3) is 2.32. The van der Waals surface area contributed by atoms with E-state index in [4.69, 9.17) is 4.98 Å². The van der Waals surface area contributed by atoms with Crippen molar-refractivity contribution in [2.45, 2.75) is 38.5 Å². The predicted octanol–water partition coefficient (Wildman–Crippen LogP) is 2.54. The Morgan fingerprint density at radius 2 is 2.00 bits per heavy atom. The van der Waals surface area contributed by atoms with E-state index in [0.717, 1.165) is 62.2 Å². The molecule has 4 nitrogen and oxygen atoms in total. The Kier molecular flexibility index (Phi) is 3.17. The highest BCUT2D eigenvalue weighted by atomic mass is 32.1. The number of nitrogens with zero attached hydrogens (tertiary/aromatic N) is 3. The molecule has 5 heteroatoms. The van der Waals surface area contributed by atoms with Crippen molar-refractivity contribution in [2.75, 3.05) is 31.1 Å². The van der Waals surface area contributed by atoms with Crippen molar-refractivity contribution in [2.24, 2.45) is 5.92 Å². The quantitative estimate of drug-likeness (QED) is 0.858.